The van der Waals surface area contributed by atoms with Crippen LogP contribution in [0.1, 0.15) is 41.6 Å². The molecule has 5 rings (SSSR count). The fraction of sp³-hybridized carbons (Fsp3) is 0.200. The number of carbonyl (C=O) groups is 2. The number of hydrogen-bond donors (Lipinski definition) is 1. The summed E-state index contributed by atoms with van der Waals surface area (Å²) in [5.74, 6) is -0.163. The van der Waals surface area contributed by atoms with Crippen LogP contribution in [-0.2, 0) is 22.4 Å². The topological polar surface area (TPSA) is 49.4 Å². The average molecular weight is 382 g/mol. The van der Waals surface area contributed by atoms with Crippen LogP contribution in [0.5, 0.6) is 0 Å². The Morgan fingerprint density at radius 2 is 1.79 bits per heavy atom. The normalized spacial score (nSPS) is 16.7. The van der Waals surface area contributed by atoms with Crippen molar-refractivity contribution in [3.05, 3.63) is 83.1 Å². The Bertz CT molecular complexity index is 1170. The first-order chi connectivity index (χ1) is 14.1. The molecule has 0 aromatic heterocycles. The number of anilines is 1. The number of benzene rings is 3. The summed E-state index contributed by atoms with van der Waals surface area (Å²) in [5, 5.41) is 5.48. The Balaban J connectivity index is 1.44. The lowest BCUT2D eigenvalue weighted by Crippen LogP contribution is -2.33. The minimum Gasteiger partial charge on any atom is -0.325 e. The molecule has 1 aliphatic carbocycles. The van der Waals surface area contributed by atoms with Crippen LogP contribution in [0.3, 0.4) is 0 Å². The van der Waals surface area contributed by atoms with E-state index in [1.165, 1.54) is 23.4 Å². The number of fused-ring (bicyclic) bond motifs is 1. The van der Waals surface area contributed by atoms with E-state index in [0.717, 1.165) is 35.0 Å². The summed E-state index contributed by atoms with van der Waals surface area (Å²) in [6.45, 7) is 1.53. The summed E-state index contributed by atoms with van der Waals surface area (Å²) >= 11 is 0. The van der Waals surface area contributed by atoms with E-state index < -0.39 is 0 Å². The summed E-state index contributed by atoms with van der Waals surface area (Å²) in [6, 6.07) is 18.0. The molecule has 0 fully saturated rings. The van der Waals surface area contributed by atoms with Crippen LogP contribution in [-0.4, -0.2) is 16.7 Å². The van der Waals surface area contributed by atoms with Crippen molar-refractivity contribution in [2.75, 3.05) is 5.32 Å². The second kappa shape index (κ2) is 6.89. The molecule has 1 aliphatic heterocycles. The Labute approximate surface area is 169 Å². The Morgan fingerprint density at radius 3 is 2.62 bits per heavy atom. The summed E-state index contributed by atoms with van der Waals surface area (Å²) in [4.78, 5) is 26.8. The summed E-state index contributed by atoms with van der Waals surface area (Å²) in [5.41, 5.74) is 5.59. The van der Waals surface area contributed by atoms with E-state index in [9.17, 15) is 9.59 Å². The molecule has 144 valence electrons. The van der Waals surface area contributed by atoms with E-state index in [4.69, 9.17) is 0 Å². The maximum atomic E-state index is 13.0. The second-order valence-corrected chi connectivity index (χ2v) is 7.75. The highest BCUT2D eigenvalue weighted by Crippen LogP contribution is 2.36. The van der Waals surface area contributed by atoms with E-state index in [-0.39, 0.29) is 24.3 Å². The largest absolute Gasteiger partial charge is 0.325 e. The van der Waals surface area contributed by atoms with Gasteiger partial charge in [0, 0.05) is 24.2 Å². The molecular weight excluding hydrogens is 360 g/mol. The number of hydrogen-bond acceptors (Lipinski definition) is 2. The highest BCUT2D eigenvalue weighted by atomic mass is 16.2. The standard InChI is InChI=1S/C25H22N2O2/c1-16(28)27-14-13-17-5-2-3-7-20(17)23(27)15-24(29)26-22-12-11-19-10-9-18-6-4-8-21(22)25(18)19/h2-8,11-14,23H,9-10,15H2,1H3,(H,26,29)/t23-/m0/s1. The van der Waals surface area contributed by atoms with Crippen molar-refractivity contribution < 1.29 is 9.59 Å². The fourth-order valence-electron chi connectivity index (χ4n) is 4.65. The number of nitrogens with one attached hydrogen (secondary N) is 1. The summed E-state index contributed by atoms with van der Waals surface area (Å²) < 4.78 is 0. The zero-order valence-corrected chi connectivity index (χ0v) is 16.3. The number of rotatable bonds is 3. The number of nitrogens with zero attached hydrogens (tertiary/aromatic N) is 1. The van der Waals surface area contributed by atoms with E-state index in [0.29, 0.717) is 0 Å². The van der Waals surface area contributed by atoms with Gasteiger partial charge in [-0.1, -0.05) is 48.5 Å². The first kappa shape index (κ1) is 17.7. The quantitative estimate of drug-likeness (QED) is 0.705. The van der Waals surface area contributed by atoms with E-state index >= 15 is 0 Å². The highest BCUT2D eigenvalue weighted by molar-refractivity contribution is 6.05. The van der Waals surface area contributed by atoms with Crippen LogP contribution < -0.4 is 5.32 Å². The molecule has 0 unspecified atom stereocenters. The van der Waals surface area contributed by atoms with Gasteiger partial charge >= 0.3 is 0 Å². The van der Waals surface area contributed by atoms with E-state index in [1.54, 1.807) is 11.1 Å². The average Bonchev–Trinajstić information content (AvgIpc) is 3.15. The van der Waals surface area contributed by atoms with Crippen LogP contribution in [0, 0.1) is 0 Å². The van der Waals surface area contributed by atoms with Gasteiger partial charge in [0.25, 0.3) is 0 Å². The zero-order valence-electron chi connectivity index (χ0n) is 16.3. The van der Waals surface area contributed by atoms with Gasteiger partial charge in [-0.25, -0.2) is 0 Å². The third kappa shape index (κ3) is 3.01. The molecule has 2 amide bonds. The molecule has 0 radical (unpaired) electrons. The molecule has 0 saturated heterocycles. The second-order valence-electron chi connectivity index (χ2n) is 7.75. The van der Waals surface area contributed by atoms with Gasteiger partial charge < -0.3 is 10.2 Å². The van der Waals surface area contributed by atoms with E-state index in [2.05, 4.69) is 29.6 Å². The van der Waals surface area contributed by atoms with Crippen molar-refractivity contribution in [2.45, 2.75) is 32.2 Å². The molecule has 3 aromatic rings. The van der Waals surface area contributed by atoms with Crippen LogP contribution in [0.2, 0.25) is 0 Å². The lowest BCUT2D eigenvalue weighted by molar-refractivity contribution is -0.129. The maximum Gasteiger partial charge on any atom is 0.226 e. The molecular formula is C25H22N2O2. The molecule has 1 atom stereocenters. The first-order valence-electron chi connectivity index (χ1n) is 10.0. The first-order valence-corrected chi connectivity index (χ1v) is 10.0. The zero-order chi connectivity index (χ0) is 20.0. The van der Waals surface area contributed by atoms with Gasteiger partial charge in [0.15, 0.2) is 0 Å². The highest BCUT2D eigenvalue weighted by Gasteiger charge is 2.28. The fourth-order valence-corrected chi connectivity index (χ4v) is 4.65. The van der Waals surface area contributed by atoms with Crippen LogP contribution in [0.25, 0.3) is 16.8 Å². The predicted molar refractivity (Wildman–Crippen MR) is 115 cm³/mol. The van der Waals surface area contributed by atoms with Crippen LogP contribution >= 0.6 is 0 Å². The SMILES string of the molecule is CC(=O)N1C=Cc2ccccc2[C@@H]1CC(=O)Nc1ccc2c3c(cccc13)CC2. The Morgan fingerprint density at radius 1 is 1.00 bits per heavy atom. The van der Waals surface area contributed by atoms with Gasteiger partial charge in [-0.15, -0.1) is 0 Å². The van der Waals surface area contributed by atoms with E-state index in [1.807, 2.05) is 36.4 Å². The number of amides is 2. The van der Waals surface area contributed by atoms with Gasteiger partial charge in [-0.05, 0) is 52.6 Å². The Hall–Kier alpha value is -3.40. The molecule has 0 bridgehead atoms. The third-order valence-corrected chi connectivity index (χ3v) is 6.00. The van der Waals surface area contributed by atoms with Crippen LogP contribution in [0.4, 0.5) is 5.69 Å². The van der Waals surface area contributed by atoms with Crippen molar-refractivity contribution in [3.8, 4) is 0 Å². The summed E-state index contributed by atoms with van der Waals surface area (Å²) in [6.07, 6.45) is 6.03. The van der Waals surface area contributed by atoms with Gasteiger partial charge in [-0.3, -0.25) is 9.59 Å². The number of carbonyl (C=O) groups excluding carboxylic acids is 2. The van der Waals surface area contributed by atoms with Gasteiger partial charge in [0.2, 0.25) is 11.8 Å². The molecule has 1 heterocycles. The molecule has 1 N–H and O–H groups in total. The molecule has 3 aromatic carbocycles. The van der Waals surface area contributed by atoms with Crippen molar-refractivity contribution in [2.24, 2.45) is 0 Å². The van der Waals surface area contributed by atoms with Crippen molar-refractivity contribution in [3.63, 3.8) is 0 Å². The monoisotopic (exact) mass is 382 g/mol. The van der Waals surface area contributed by atoms with Gasteiger partial charge in [0.1, 0.15) is 0 Å². The minimum absolute atomic E-state index is 0.0705. The van der Waals surface area contributed by atoms with Gasteiger partial charge in [-0.2, -0.15) is 0 Å². The summed E-state index contributed by atoms with van der Waals surface area (Å²) in [7, 11) is 0. The minimum atomic E-state index is -0.300. The molecule has 2 aliphatic rings. The Kier molecular flexibility index (Phi) is 4.20. The van der Waals surface area contributed by atoms with Crippen molar-refractivity contribution in [1.82, 2.24) is 4.90 Å². The third-order valence-electron chi connectivity index (χ3n) is 6.00. The lowest BCUT2D eigenvalue weighted by Gasteiger charge is -2.32. The smallest absolute Gasteiger partial charge is 0.226 e. The van der Waals surface area contributed by atoms with Gasteiger partial charge in [0.05, 0.1) is 12.5 Å². The van der Waals surface area contributed by atoms with Crippen molar-refractivity contribution in [1.29, 1.82) is 0 Å². The molecule has 29 heavy (non-hydrogen) atoms. The lowest BCUT2D eigenvalue weighted by atomic mass is 9.93. The van der Waals surface area contributed by atoms with Crippen LogP contribution in [0.15, 0.2) is 60.8 Å². The molecule has 0 saturated carbocycles. The maximum absolute atomic E-state index is 13.0. The van der Waals surface area contributed by atoms with Crippen molar-refractivity contribution >= 4 is 34.4 Å². The molecule has 0 spiro atoms. The number of aryl methyl sites for hydroxylation is 2. The predicted octanol–water partition coefficient (Wildman–Crippen LogP) is 4.84. The molecule has 4 nitrogen and oxygen atoms in total. The molecule has 4 heteroatoms.